The van der Waals surface area contributed by atoms with Crippen LogP contribution in [0, 0.1) is 18.8 Å². The van der Waals surface area contributed by atoms with Crippen LogP contribution in [0.15, 0.2) is 41.8 Å². The number of aromatic nitrogens is 1. The maximum absolute atomic E-state index is 13.9. The molecule has 1 aliphatic heterocycles. The standard InChI is InChI=1S/C27H33N3O2S/c1-17-8-10-20(11-9-17)15-30-25(31)23-14-24-22(12-13-33-24)29(23)16-27(30,4)26(32)28-21-7-5-6-18(2)19(21)3/h8-14,18-19,21H,5-7,15-16H2,1-4H3,(H,28,32). The molecule has 3 heterocycles. The minimum absolute atomic E-state index is 0.0448. The summed E-state index contributed by atoms with van der Waals surface area (Å²) in [6.07, 6.45) is 3.35. The van der Waals surface area contributed by atoms with Crippen LogP contribution in [0.5, 0.6) is 0 Å². The first-order valence-corrected chi connectivity index (χ1v) is 12.9. The number of benzene rings is 1. The first kappa shape index (κ1) is 22.2. The van der Waals surface area contributed by atoms with Crippen molar-refractivity contribution in [2.75, 3.05) is 0 Å². The number of nitrogens with zero attached hydrogens (tertiary/aromatic N) is 2. The van der Waals surface area contributed by atoms with Crippen molar-refractivity contribution in [3.63, 3.8) is 0 Å². The van der Waals surface area contributed by atoms with Crippen LogP contribution in [0.25, 0.3) is 10.2 Å². The molecule has 4 atom stereocenters. The summed E-state index contributed by atoms with van der Waals surface area (Å²) in [5.74, 6) is 0.904. The zero-order chi connectivity index (χ0) is 23.3. The van der Waals surface area contributed by atoms with Gasteiger partial charge in [-0.1, -0.05) is 56.5 Å². The van der Waals surface area contributed by atoms with Gasteiger partial charge in [0, 0.05) is 12.6 Å². The molecule has 1 fully saturated rings. The number of rotatable bonds is 4. The Morgan fingerprint density at radius 3 is 2.70 bits per heavy atom. The number of aryl methyl sites for hydroxylation is 1. The third kappa shape index (κ3) is 3.78. The lowest BCUT2D eigenvalue weighted by molar-refractivity contribution is -0.134. The highest BCUT2D eigenvalue weighted by molar-refractivity contribution is 7.17. The van der Waals surface area contributed by atoms with Crippen LogP contribution in [-0.2, 0) is 17.9 Å². The van der Waals surface area contributed by atoms with E-state index in [1.54, 1.807) is 16.2 Å². The second-order valence-corrected chi connectivity index (χ2v) is 11.2. The fourth-order valence-electron chi connectivity index (χ4n) is 5.51. The number of thiophene rings is 1. The van der Waals surface area contributed by atoms with Gasteiger partial charge in [-0.3, -0.25) is 9.59 Å². The van der Waals surface area contributed by atoms with E-state index in [1.165, 1.54) is 12.0 Å². The predicted octanol–water partition coefficient (Wildman–Crippen LogP) is 5.37. The number of amides is 2. The Bertz CT molecular complexity index is 1190. The average molecular weight is 464 g/mol. The summed E-state index contributed by atoms with van der Waals surface area (Å²) in [6, 6.07) is 12.4. The molecule has 0 spiro atoms. The second kappa shape index (κ2) is 8.32. The molecular formula is C27H33N3O2S. The molecule has 6 heteroatoms. The summed E-state index contributed by atoms with van der Waals surface area (Å²) in [7, 11) is 0. The smallest absolute Gasteiger partial charge is 0.271 e. The van der Waals surface area contributed by atoms with Gasteiger partial charge in [-0.15, -0.1) is 11.3 Å². The molecule has 5 rings (SSSR count). The summed E-state index contributed by atoms with van der Waals surface area (Å²) in [6.45, 7) is 9.39. The van der Waals surface area contributed by atoms with E-state index in [-0.39, 0.29) is 17.9 Å². The van der Waals surface area contributed by atoms with Gasteiger partial charge in [0.25, 0.3) is 5.91 Å². The Labute approximate surface area is 199 Å². The monoisotopic (exact) mass is 463 g/mol. The Kier molecular flexibility index (Phi) is 5.60. The summed E-state index contributed by atoms with van der Waals surface area (Å²) in [5.41, 5.74) is 2.96. The van der Waals surface area contributed by atoms with Gasteiger partial charge in [0.05, 0.1) is 16.8 Å². The van der Waals surface area contributed by atoms with E-state index in [0.717, 1.165) is 28.6 Å². The van der Waals surface area contributed by atoms with Gasteiger partial charge < -0.3 is 14.8 Å². The van der Waals surface area contributed by atoms with Crippen LogP contribution in [-0.4, -0.2) is 32.9 Å². The van der Waals surface area contributed by atoms with Crippen molar-refractivity contribution in [1.82, 2.24) is 14.8 Å². The maximum atomic E-state index is 13.9. The molecule has 4 unspecified atom stereocenters. The predicted molar refractivity (Wildman–Crippen MR) is 133 cm³/mol. The molecule has 5 nitrogen and oxygen atoms in total. The third-order valence-electron chi connectivity index (χ3n) is 8.02. The SMILES string of the molecule is Cc1ccc(CN2C(=O)c3cc4sccc4n3CC2(C)C(=O)NC2CCCC(C)C2C)cc1. The fourth-order valence-corrected chi connectivity index (χ4v) is 6.33. The number of fused-ring (bicyclic) bond motifs is 3. The van der Waals surface area contributed by atoms with Gasteiger partial charge in [0.1, 0.15) is 11.2 Å². The first-order valence-electron chi connectivity index (χ1n) is 12.0. The maximum Gasteiger partial charge on any atom is 0.271 e. The highest BCUT2D eigenvalue weighted by Crippen LogP contribution is 2.36. The molecule has 3 aromatic rings. The molecule has 2 aliphatic rings. The van der Waals surface area contributed by atoms with E-state index in [0.29, 0.717) is 30.6 Å². The summed E-state index contributed by atoms with van der Waals surface area (Å²) in [5, 5.41) is 5.42. The number of hydrogen-bond donors (Lipinski definition) is 1. The van der Waals surface area contributed by atoms with Gasteiger partial charge in [0.2, 0.25) is 5.91 Å². The number of nitrogens with one attached hydrogen (secondary N) is 1. The van der Waals surface area contributed by atoms with Crippen LogP contribution in [0.1, 0.15) is 61.6 Å². The topological polar surface area (TPSA) is 54.3 Å². The summed E-state index contributed by atoms with van der Waals surface area (Å²) < 4.78 is 3.14. The van der Waals surface area contributed by atoms with Gasteiger partial charge in [0.15, 0.2) is 0 Å². The second-order valence-electron chi connectivity index (χ2n) is 10.3. The van der Waals surface area contributed by atoms with E-state index < -0.39 is 5.54 Å². The van der Waals surface area contributed by atoms with Crippen molar-refractivity contribution in [1.29, 1.82) is 0 Å². The quantitative estimate of drug-likeness (QED) is 0.566. The molecule has 1 saturated carbocycles. The van der Waals surface area contributed by atoms with E-state index in [1.807, 2.05) is 22.9 Å². The van der Waals surface area contributed by atoms with Crippen molar-refractivity contribution < 1.29 is 9.59 Å². The van der Waals surface area contributed by atoms with Crippen LogP contribution in [0.2, 0.25) is 0 Å². The Balaban J connectivity index is 1.52. The van der Waals surface area contributed by atoms with E-state index >= 15 is 0 Å². The van der Waals surface area contributed by atoms with E-state index in [9.17, 15) is 9.59 Å². The van der Waals surface area contributed by atoms with Crippen LogP contribution in [0.4, 0.5) is 0 Å². The van der Waals surface area contributed by atoms with E-state index in [2.05, 4.69) is 56.4 Å². The van der Waals surface area contributed by atoms with Crippen molar-refractivity contribution in [3.05, 3.63) is 58.6 Å². The molecule has 0 radical (unpaired) electrons. The Morgan fingerprint density at radius 2 is 1.94 bits per heavy atom. The molecule has 2 amide bonds. The van der Waals surface area contributed by atoms with Crippen LogP contribution < -0.4 is 5.32 Å². The summed E-state index contributed by atoms with van der Waals surface area (Å²) in [4.78, 5) is 29.5. The number of carbonyl (C=O) groups excluding carboxylic acids is 2. The van der Waals surface area contributed by atoms with Crippen molar-refractivity contribution in [3.8, 4) is 0 Å². The molecule has 33 heavy (non-hydrogen) atoms. The van der Waals surface area contributed by atoms with Gasteiger partial charge in [-0.05, 0) is 55.2 Å². The first-order chi connectivity index (χ1) is 15.8. The minimum atomic E-state index is -0.969. The van der Waals surface area contributed by atoms with Crippen molar-refractivity contribution in [2.45, 2.75) is 71.6 Å². The van der Waals surface area contributed by atoms with E-state index in [4.69, 9.17) is 0 Å². The lowest BCUT2D eigenvalue weighted by Crippen LogP contribution is -2.65. The summed E-state index contributed by atoms with van der Waals surface area (Å²) >= 11 is 1.64. The van der Waals surface area contributed by atoms with Crippen molar-refractivity contribution in [2.24, 2.45) is 11.8 Å². The average Bonchev–Trinajstić information content (AvgIpc) is 3.38. The molecule has 2 aromatic heterocycles. The molecule has 0 bridgehead atoms. The van der Waals surface area contributed by atoms with Crippen molar-refractivity contribution >= 4 is 33.4 Å². The largest absolute Gasteiger partial charge is 0.351 e. The third-order valence-corrected chi connectivity index (χ3v) is 8.88. The van der Waals surface area contributed by atoms with Crippen LogP contribution >= 0.6 is 11.3 Å². The molecule has 1 N–H and O–H groups in total. The Morgan fingerprint density at radius 1 is 1.18 bits per heavy atom. The lowest BCUT2D eigenvalue weighted by Gasteiger charge is -2.45. The minimum Gasteiger partial charge on any atom is -0.351 e. The lowest BCUT2D eigenvalue weighted by atomic mass is 9.77. The molecule has 0 saturated heterocycles. The molecule has 1 aromatic carbocycles. The molecule has 174 valence electrons. The highest BCUT2D eigenvalue weighted by atomic mass is 32.1. The Hall–Kier alpha value is -2.60. The zero-order valence-electron chi connectivity index (χ0n) is 19.9. The van der Waals surface area contributed by atoms with Gasteiger partial charge in [-0.2, -0.15) is 0 Å². The normalized spacial score (nSPS) is 27.6. The van der Waals surface area contributed by atoms with Gasteiger partial charge >= 0.3 is 0 Å². The number of carbonyl (C=O) groups is 2. The molecular weight excluding hydrogens is 430 g/mol. The fraction of sp³-hybridized carbons (Fsp3) is 0.481. The number of hydrogen-bond acceptors (Lipinski definition) is 3. The van der Waals surface area contributed by atoms with Gasteiger partial charge in [-0.25, -0.2) is 0 Å². The zero-order valence-corrected chi connectivity index (χ0v) is 20.7. The molecule has 1 aliphatic carbocycles. The van der Waals surface area contributed by atoms with Crippen LogP contribution in [0.3, 0.4) is 0 Å². The highest BCUT2D eigenvalue weighted by Gasteiger charge is 2.48.